The molecule has 0 bridgehead atoms. The van der Waals surface area contributed by atoms with E-state index < -0.39 is 5.60 Å². The van der Waals surface area contributed by atoms with Crippen molar-refractivity contribution in [3.8, 4) is 0 Å². The number of amides is 1. The van der Waals surface area contributed by atoms with Gasteiger partial charge in [-0.15, -0.1) is 0 Å². The first-order valence-corrected chi connectivity index (χ1v) is 5.45. The van der Waals surface area contributed by atoms with Gasteiger partial charge in [-0.3, -0.25) is 4.79 Å². The van der Waals surface area contributed by atoms with E-state index >= 15 is 0 Å². The van der Waals surface area contributed by atoms with Gasteiger partial charge in [-0.1, -0.05) is 6.58 Å². The van der Waals surface area contributed by atoms with Gasteiger partial charge in [0, 0.05) is 25.4 Å². The SMILES string of the molecule is C=CC(=O)CC1CN(C(=O)OC(C)(C)C)C1. The third kappa shape index (κ3) is 3.68. The molecule has 0 atom stereocenters. The van der Waals surface area contributed by atoms with Crippen LogP contribution in [-0.4, -0.2) is 35.5 Å². The number of carbonyl (C=O) groups excluding carboxylic acids is 2. The summed E-state index contributed by atoms with van der Waals surface area (Å²) in [7, 11) is 0. The average Bonchev–Trinajstić information content (AvgIpc) is 2.06. The van der Waals surface area contributed by atoms with E-state index in [0.29, 0.717) is 19.5 Å². The molecule has 1 heterocycles. The second kappa shape index (κ2) is 4.68. The fourth-order valence-corrected chi connectivity index (χ4v) is 1.54. The van der Waals surface area contributed by atoms with Crippen molar-refractivity contribution in [2.45, 2.75) is 32.8 Å². The Morgan fingerprint density at radius 3 is 2.44 bits per heavy atom. The van der Waals surface area contributed by atoms with E-state index in [1.54, 1.807) is 4.90 Å². The average molecular weight is 225 g/mol. The van der Waals surface area contributed by atoms with Gasteiger partial charge in [0.05, 0.1) is 0 Å². The van der Waals surface area contributed by atoms with Crippen LogP contribution in [0.4, 0.5) is 4.79 Å². The molecule has 1 saturated heterocycles. The first kappa shape index (κ1) is 12.7. The molecule has 0 radical (unpaired) electrons. The van der Waals surface area contributed by atoms with Crippen LogP contribution < -0.4 is 0 Å². The molecule has 0 aromatic heterocycles. The maximum Gasteiger partial charge on any atom is 0.410 e. The lowest BCUT2D eigenvalue weighted by Gasteiger charge is -2.39. The molecule has 16 heavy (non-hydrogen) atoms. The van der Waals surface area contributed by atoms with Crippen molar-refractivity contribution in [1.82, 2.24) is 4.90 Å². The Hall–Kier alpha value is -1.32. The molecule has 1 rings (SSSR count). The molecule has 0 aromatic rings. The number of hydrogen-bond acceptors (Lipinski definition) is 3. The highest BCUT2D eigenvalue weighted by Crippen LogP contribution is 2.22. The Balaban J connectivity index is 2.28. The molecule has 1 aliphatic heterocycles. The van der Waals surface area contributed by atoms with E-state index in [4.69, 9.17) is 4.74 Å². The van der Waals surface area contributed by atoms with E-state index in [1.807, 2.05) is 20.8 Å². The Morgan fingerprint density at radius 2 is 2.00 bits per heavy atom. The quantitative estimate of drug-likeness (QED) is 0.690. The van der Waals surface area contributed by atoms with E-state index in [-0.39, 0.29) is 17.8 Å². The van der Waals surface area contributed by atoms with Gasteiger partial charge >= 0.3 is 6.09 Å². The molecule has 1 fully saturated rings. The highest BCUT2D eigenvalue weighted by molar-refractivity contribution is 5.89. The molecule has 1 aliphatic rings. The Labute approximate surface area is 96.3 Å². The van der Waals surface area contributed by atoms with Gasteiger partial charge in [0.25, 0.3) is 0 Å². The summed E-state index contributed by atoms with van der Waals surface area (Å²) in [6.45, 7) is 10.1. The lowest BCUT2D eigenvalue weighted by atomic mass is 9.95. The Bertz CT molecular complexity index is 298. The zero-order valence-electron chi connectivity index (χ0n) is 10.2. The number of ether oxygens (including phenoxy) is 1. The minimum Gasteiger partial charge on any atom is -0.444 e. The van der Waals surface area contributed by atoms with Crippen LogP contribution in [0.15, 0.2) is 12.7 Å². The Morgan fingerprint density at radius 1 is 1.44 bits per heavy atom. The topological polar surface area (TPSA) is 46.6 Å². The monoisotopic (exact) mass is 225 g/mol. The molecule has 0 aromatic carbocycles. The van der Waals surface area contributed by atoms with Crippen molar-refractivity contribution in [2.75, 3.05) is 13.1 Å². The highest BCUT2D eigenvalue weighted by atomic mass is 16.6. The van der Waals surface area contributed by atoms with Gasteiger partial charge in [0.2, 0.25) is 0 Å². The van der Waals surface area contributed by atoms with Gasteiger partial charge in [-0.05, 0) is 26.8 Å². The predicted molar refractivity (Wildman–Crippen MR) is 61.1 cm³/mol. The minimum atomic E-state index is -0.459. The van der Waals surface area contributed by atoms with Gasteiger partial charge in [-0.25, -0.2) is 4.79 Å². The predicted octanol–water partition coefficient (Wildman–Crippen LogP) is 2.00. The Kier molecular flexibility index (Phi) is 3.73. The fraction of sp³-hybridized carbons (Fsp3) is 0.667. The third-order valence-electron chi connectivity index (χ3n) is 2.33. The maximum absolute atomic E-state index is 11.5. The summed E-state index contributed by atoms with van der Waals surface area (Å²) >= 11 is 0. The molecule has 0 aliphatic carbocycles. The fourth-order valence-electron chi connectivity index (χ4n) is 1.54. The van der Waals surface area contributed by atoms with E-state index in [9.17, 15) is 9.59 Å². The van der Waals surface area contributed by atoms with Crippen LogP contribution >= 0.6 is 0 Å². The van der Waals surface area contributed by atoms with Crippen molar-refractivity contribution >= 4 is 11.9 Å². The highest BCUT2D eigenvalue weighted by Gasteiger charge is 2.34. The number of nitrogens with zero attached hydrogens (tertiary/aromatic N) is 1. The van der Waals surface area contributed by atoms with Crippen LogP contribution in [0, 0.1) is 5.92 Å². The van der Waals surface area contributed by atoms with E-state index in [0.717, 1.165) is 0 Å². The molecule has 0 saturated carbocycles. The maximum atomic E-state index is 11.5. The summed E-state index contributed by atoms with van der Waals surface area (Å²) in [5.74, 6) is 0.298. The molecular weight excluding hydrogens is 206 g/mol. The third-order valence-corrected chi connectivity index (χ3v) is 2.33. The first-order valence-electron chi connectivity index (χ1n) is 5.45. The zero-order chi connectivity index (χ0) is 12.3. The van der Waals surface area contributed by atoms with Gasteiger partial charge in [0.15, 0.2) is 5.78 Å². The van der Waals surface area contributed by atoms with E-state index in [2.05, 4.69) is 6.58 Å². The normalized spacial score (nSPS) is 16.6. The summed E-state index contributed by atoms with van der Waals surface area (Å²) in [6.07, 6.45) is 1.51. The van der Waals surface area contributed by atoms with Crippen molar-refractivity contribution in [1.29, 1.82) is 0 Å². The molecule has 4 heteroatoms. The van der Waals surface area contributed by atoms with Gasteiger partial charge < -0.3 is 9.64 Å². The van der Waals surface area contributed by atoms with Crippen LogP contribution in [-0.2, 0) is 9.53 Å². The molecule has 0 N–H and O–H groups in total. The summed E-state index contributed by atoms with van der Waals surface area (Å²) < 4.78 is 5.20. The molecule has 0 spiro atoms. The van der Waals surface area contributed by atoms with Crippen LogP contribution in [0.5, 0.6) is 0 Å². The summed E-state index contributed by atoms with van der Waals surface area (Å²) in [5.41, 5.74) is -0.459. The van der Waals surface area contributed by atoms with Crippen LogP contribution in [0.25, 0.3) is 0 Å². The number of allylic oxidation sites excluding steroid dienone is 1. The number of likely N-dealkylation sites (tertiary alicyclic amines) is 1. The van der Waals surface area contributed by atoms with Gasteiger partial charge in [-0.2, -0.15) is 0 Å². The van der Waals surface area contributed by atoms with Crippen LogP contribution in [0.2, 0.25) is 0 Å². The largest absolute Gasteiger partial charge is 0.444 e. The number of hydrogen-bond donors (Lipinski definition) is 0. The zero-order valence-corrected chi connectivity index (χ0v) is 10.2. The summed E-state index contributed by atoms with van der Waals surface area (Å²) in [6, 6.07) is 0. The van der Waals surface area contributed by atoms with Crippen molar-refractivity contribution in [3.63, 3.8) is 0 Å². The number of ketones is 1. The minimum absolute atomic E-state index is 0.0360. The summed E-state index contributed by atoms with van der Waals surface area (Å²) in [4.78, 5) is 24.2. The van der Waals surface area contributed by atoms with Crippen LogP contribution in [0.3, 0.4) is 0 Å². The van der Waals surface area contributed by atoms with Crippen molar-refractivity contribution in [3.05, 3.63) is 12.7 Å². The van der Waals surface area contributed by atoms with E-state index in [1.165, 1.54) is 6.08 Å². The van der Waals surface area contributed by atoms with Crippen molar-refractivity contribution < 1.29 is 14.3 Å². The number of rotatable bonds is 3. The van der Waals surface area contributed by atoms with Crippen molar-refractivity contribution in [2.24, 2.45) is 5.92 Å². The lowest BCUT2D eigenvalue weighted by molar-refractivity contribution is -0.116. The first-order chi connectivity index (χ1) is 7.31. The van der Waals surface area contributed by atoms with Crippen LogP contribution in [0.1, 0.15) is 27.2 Å². The van der Waals surface area contributed by atoms with Gasteiger partial charge in [0.1, 0.15) is 5.60 Å². The molecule has 1 amide bonds. The lowest BCUT2D eigenvalue weighted by Crippen LogP contribution is -2.52. The second-order valence-corrected chi connectivity index (χ2v) is 5.13. The molecule has 90 valence electrons. The molecule has 0 unspecified atom stereocenters. The summed E-state index contributed by atoms with van der Waals surface area (Å²) in [5, 5.41) is 0. The standard InChI is InChI=1S/C12H19NO3/c1-5-10(14)6-9-7-13(8-9)11(15)16-12(2,3)4/h5,9H,1,6-8H2,2-4H3. The number of carbonyl (C=O) groups is 2. The molecular formula is C12H19NO3. The second-order valence-electron chi connectivity index (χ2n) is 5.13. The molecule has 4 nitrogen and oxygen atoms in total. The smallest absolute Gasteiger partial charge is 0.410 e.